The van der Waals surface area contributed by atoms with Crippen LogP contribution in [0.2, 0.25) is 0 Å². The molecule has 7 heteroatoms. The first kappa shape index (κ1) is 15.4. The van der Waals surface area contributed by atoms with E-state index in [-0.39, 0.29) is 27.9 Å². The minimum atomic E-state index is -1.04. The minimum absolute atomic E-state index is 0.000221. The van der Waals surface area contributed by atoms with Crippen molar-refractivity contribution < 1.29 is 9.90 Å². The van der Waals surface area contributed by atoms with Crippen molar-refractivity contribution in [1.29, 1.82) is 15.8 Å². The van der Waals surface area contributed by atoms with Crippen molar-refractivity contribution in [3.63, 3.8) is 0 Å². The van der Waals surface area contributed by atoms with Crippen LogP contribution in [-0.4, -0.2) is 11.1 Å². The summed E-state index contributed by atoms with van der Waals surface area (Å²) < 4.78 is 0. The predicted molar refractivity (Wildman–Crippen MR) is 78.2 cm³/mol. The molecule has 0 fully saturated rings. The number of nitrogens with zero attached hydrogens (tertiary/aromatic N) is 5. The molecule has 0 unspecified atom stereocenters. The SMILES string of the molecule is N#Cc1cc(N=Nc2ccc(C(=O)O)cc2)cc(C#N)c1C#N. The second kappa shape index (κ2) is 6.62. The fourth-order valence-electron chi connectivity index (χ4n) is 1.77. The molecular formula is C16H7N5O2. The van der Waals surface area contributed by atoms with Crippen molar-refractivity contribution in [3.8, 4) is 18.2 Å². The van der Waals surface area contributed by atoms with Crippen LogP contribution < -0.4 is 0 Å². The van der Waals surface area contributed by atoms with Gasteiger partial charge in [0.2, 0.25) is 0 Å². The van der Waals surface area contributed by atoms with Gasteiger partial charge in [-0.05, 0) is 36.4 Å². The van der Waals surface area contributed by atoms with Gasteiger partial charge in [-0.1, -0.05) is 0 Å². The first-order valence-electron chi connectivity index (χ1n) is 6.22. The van der Waals surface area contributed by atoms with Crippen molar-refractivity contribution >= 4 is 17.3 Å². The van der Waals surface area contributed by atoms with Gasteiger partial charge < -0.3 is 5.11 Å². The summed E-state index contributed by atoms with van der Waals surface area (Å²) in [6.07, 6.45) is 0. The molecule has 0 amide bonds. The van der Waals surface area contributed by atoms with E-state index in [1.807, 2.05) is 18.2 Å². The van der Waals surface area contributed by atoms with Crippen molar-refractivity contribution in [2.45, 2.75) is 0 Å². The van der Waals surface area contributed by atoms with Crippen LogP contribution in [0.1, 0.15) is 27.0 Å². The summed E-state index contributed by atoms with van der Waals surface area (Å²) >= 11 is 0. The largest absolute Gasteiger partial charge is 0.478 e. The number of benzene rings is 2. The smallest absolute Gasteiger partial charge is 0.335 e. The second-order valence-electron chi connectivity index (χ2n) is 4.30. The van der Waals surface area contributed by atoms with E-state index in [9.17, 15) is 4.79 Å². The van der Waals surface area contributed by atoms with E-state index in [1.165, 1.54) is 36.4 Å². The third-order valence-corrected chi connectivity index (χ3v) is 2.87. The summed E-state index contributed by atoms with van der Waals surface area (Å²) in [5.74, 6) is -1.04. The number of hydrogen-bond acceptors (Lipinski definition) is 6. The third-order valence-electron chi connectivity index (χ3n) is 2.87. The normalized spacial score (nSPS) is 9.78. The van der Waals surface area contributed by atoms with Gasteiger partial charge in [0.05, 0.1) is 33.6 Å². The number of azo groups is 1. The molecule has 2 aromatic rings. The Bertz CT molecular complexity index is 890. The topological polar surface area (TPSA) is 133 Å². The van der Waals surface area contributed by atoms with E-state index in [4.69, 9.17) is 20.9 Å². The molecule has 108 valence electrons. The average Bonchev–Trinajstić information content (AvgIpc) is 2.59. The Morgan fingerprint density at radius 2 is 1.39 bits per heavy atom. The highest BCUT2D eigenvalue weighted by atomic mass is 16.4. The lowest BCUT2D eigenvalue weighted by Gasteiger charge is -2.00. The summed E-state index contributed by atoms with van der Waals surface area (Å²) in [6, 6.07) is 13.9. The Kier molecular flexibility index (Phi) is 4.43. The molecule has 0 aliphatic rings. The molecule has 0 radical (unpaired) electrons. The number of rotatable bonds is 3. The van der Waals surface area contributed by atoms with Gasteiger partial charge in [-0.15, -0.1) is 0 Å². The van der Waals surface area contributed by atoms with Gasteiger partial charge in [0.25, 0.3) is 0 Å². The highest BCUT2D eigenvalue weighted by molar-refractivity contribution is 5.87. The maximum absolute atomic E-state index is 10.8. The molecule has 2 aromatic carbocycles. The lowest BCUT2D eigenvalue weighted by molar-refractivity contribution is 0.0697. The second-order valence-corrected chi connectivity index (χ2v) is 4.30. The molecule has 2 rings (SSSR count). The number of nitriles is 3. The van der Waals surface area contributed by atoms with Gasteiger partial charge in [-0.25, -0.2) is 4.79 Å². The number of carboxylic acid groups (broad SMARTS) is 1. The molecule has 0 saturated carbocycles. The minimum Gasteiger partial charge on any atom is -0.478 e. The van der Waals surface area contributed by atoms with E-state index in [0.717, 1.165) is 0 Å². The number of hydrogen-bond donors (Lipinski definition) is 1. The lowest BCUT2D eigenvalue weighted by Crippen LogP contribution is -1.93. The van der Waals surface area contributed by atoms with Crippen molar-refractivity contribution in [3.05, 3.63) is 58.7 Å². The fourth-order valence-corrected chi connectivity index (χ4v) is 1.77. The molecular weight excluding hydrogens is 294 g/mol. The maximum Gasteiger partial charge on any atom is 0.335 e. The molecule has 0 bridgehead atoms. The van der Waals surface area contributed by atoms with Gasteiger partial charge in [-0.2, -0.15) is 26.0 Å². The Balaban J connectivity index is 2.37. The zero-order chi connectivity index (χ0) is 16.8. The molecule has 0 spiro atoms. The Morgan fingerprint density at radius 1 is 0.870 bits per heavy atom. The number of aromatic carboxylic acids is 1. The van der Waals surface area contributed by atoms with E-state index >= 15 is 0 Å². The zero-order valence-electron chi connectivity index (χ0n) is 11.6. The molecule has 0 saturated heterocycles. The zero-order valence-corrected chi connectivity index (χ0v) is 11.6. The van der Waals surface area contributed by atoms with Gasteiger partial charge in [0.15, 0.2) is 0 Å². The Labute approximate surface area is 131 Å². The first-order valence-corrected chi connectivity index (χ1v) is 6.22. The van der Waals surface area contributed by atoms with Crippen LogP contribution in [-0.2, 0) is 0 Å². The van der Waals surface area contributed by atoms with E-state index in [0.29, 0.717) is 5.69 Å². The molecule has 7 nitrogen and oxygen atoms in total. The highest BCUT2D eigenvalue weighted by Gasteiger charge is 2.10. The van der Waals surface area contributed by atoms with Gasteiger partial charge in [-0.3, -0.25) is 0 Å². The Morgan fingerprint density at radius 3 is 1.83 bits per heavy atom. The van der Waals surface area contributed by atoms with Gasteiger partial charge >= 0.3 is 5.97 Å². The molecule has 0 aliphatic heterocycles. The summed E-state index contributed by atoms with van der Waals surface area (Å²) in [5, 5.41) is 43.7. The molecule has 0 aromatic heterocycles. The van der Waals surface area contributed by atoms with Gasteiger partial charge in [0, 0.05) is 0 Å². The highest BCUT2D eigenvalue weighted by Crippen LogP contribution is 2.24. The fraction of sp³-hybridized carbons (Fsp3) is 0. The van der Waals surface area contributed by atoms with Crippen LogP contribution in [0.25, 0.3) is 0 Å². The first-order chi connectivity index (χ1) is 11.1. The van der Waals surface area contributed by atoms with Crippen LogP contribution in [0, 0.1) is 34.0 Å². The number of carboxylic acids is 1. The van der Waals surface area contributed by atoms with Crippen molar-refractivity contribution in [2.75, 3.05) is 0 Å². The van der Waals surface area contributed by atoms with E-state index < -0.39 is 5.97 Å². The summed E-state index contributed by atoms with van der Waals surface area (Å²) in [7, 11) is 0. The van der Waals surface area contributed by atoms with Crippen LogP contribution in [0.4, 0.5) is 11.4 Å². The lowest BCUT2D eigenvalue weighted by atomic mass is 10.0. The van der Waals surface area contributed by atoms with Crippen LogP contribution in [0.15, 0.2) is 46.6 Å². The van der Waals surface area contributed by atoms with E-state index in [2.05, 4.69) is 10.2 Å². The predicted octanol–water partition coefficient (Wildman–Crippen LogP) is 3.42. The molecule has 1 N–H and O–H groups in total. The Hall–Kier alpha value is -4.02. The summed E-state index contributed by atoms with van der Waals surface area (Å²) in [4.78, 5) is 10.8. The standard InChI is InChI=1S/C16H7N5O2/c17-7-11-5-14(6-12(8-18)15(11)9-19)21-20-13-3-1-10(2-4-13)16(22)23/h1-6H,(H,22,23). The average molecular weight is 301 g/mol. The number of carbonyl (C=O) groups is 1. The van der Waals surface area contributed by atoms with Crippen LogP contribution >= 0.6 is 0 Å². The molecule has 0 heterocycles. The molecule has 0 aliphatic carbocycles. The quantitative estimate of drug-likeness (QED) is 0.867. The maximum atomic E-state index is 10.8. The summed E-state index contributed by atoms with van der Waals surface area (Å²) in [6.45, 7) is 0. The monoisotopic (exact) mass is 301 g/mol. The summed E-state index contributed by atoms with van der Waals surface area (Å²) in [5.41, 5.74) is 0.875. The van der Waals surface area contributed by atoms with Gasteiger partial charge in [0.1, 0.15) is 18.2 Å². The van der Waals surface area contributed by atoms with E-state index in [1.54, 1.807) is 0 Å². The van der Waals surface area contributed by atoms with Crippen molar-refractivity contribution in [2.24, 2.45) is 10.2 Å². The third kappa shape index (κ3) is 3.36. The van der Waals surface area contributed by atoms with Crippen LogP contribution in [0.5, 0.6) is 0 Å². The molecule has 23 heavy (non-hydrogen) atoms. The molecule has 0 atom stereocenters. The van der Waals surface area contributed by atoms with Crippen molar-refractivity contribution in [1.82, 2.24) is 0 Å². The van der Waals surface area contributed by atoms with Crippen LogP contribution in [0.3, 0.4) is 0 Å².